The first-order valence-electron chi connectivity index (χ1n) is 18.2. The van der Waals surface area contributed by atoms with Crippen molar-refractivity contribution in [3.8, 4) is 33.5 Å². The van der Waals surface area contributed by atoms with Crippen LogP contribution in [0.15, 0.2) is 60.8 Å². The third-order valence-corrected chi connectivity index (χ3v) is 11.6. The van der Waals surface area contributed by atoms with Gasteiger partial charge in [-0.1, -0.05) is 42.5 Å². The van der Waals surface area contributed by atoms with Crippen LogP contribution >= 0.6 is 0 Å². The molecule has 0 radical (unpaired) electrons. The van der Waals surface area contributed by atoms with Crippen molar-refractivity contribution in [1.29, 1.82) is 0 Å². The normalized spacial score (nSPS) is 22.6. The topological polar surface area (TPSA) is 128 Å². The maximum Gasteiger partial charge on any atom is 0.407 e. The van der Waals surface area contributed by atoms with E-state index in [2.05, 4.69) is 79.9 Å². The number of carbonyl (C=O) groups is 2. The standard InChI is InChI=1S/C40H43N7O3/c1-50-40(49)43-22-35(48)47-19-3-5-34(47)39-42-21-33(46-39)29-16-15-28(36-25-10-12-26(13-11-25)37(29)36)24-8-6-23(7-9-24)27-14-17-30-32(20-27)45-38(44-30)31-4-2-18-41-31/h6-9,14-17,20-21,25-26,31,34,41H,2-5,10-13,18-19,22H2,1H3,(H,42,46)(H,43,49)(H,44,45). The van der Waals surface area contributed by atoms with Gasteiger partial charge in [0.25, 0.3) is 0 Å². The number of hydrogen-bond acceptors (Lipinski definition) is 6. The van der Waals surface area contributed by atoms with E-state index in [4.69, 9.17) is 9.97 Å². The number of carbonyl (C=O) groups excluding carboxylic acids is 2. The van der Waals surface area contributed by atoms with Crippen molar-refractivity contribution < 1.29 is 14.3 Å². The Bertz CT molecular complexity index is 2070. The molecule has 10 heteroatoms. The van der Waals surface area contributed by atoms with Gasteiger partial charge in [-0.3, -0.25) is 4.79 Å². The number of rotatable bonds is 7. The van der Waals surface area contributed by atoms with Gasteiger partial charge in [0.15, 0.2) is 0 Å². The van der Waals surface area contributed by atoms with Gasteiger partial charge in [-0.2, -0.15) is 0 Å². The summed E-state index contributed by atoms with van der Waals surface area (Å²) in [5, 5.41) is 6.07. The first-order valence-corrected chi connectivity index (χ1v) is 18.2. The van der Waals surface area contributed by atoms with Crippen LogP contribution in [-0.4, -0.2) is 63.6 Å². The van der Waals surface area contributed by atoms with Gasteiger partial charge in [0, 0.05) is 12.1 Å². The number of fused-ring (bicyclic) bond motifs is 3. The number of benzene rings is 3. The number of alkyl carbamates (subject to hydrolysis) is 1. The summed E-state index contributed by atoms with van der Waals surface area (Å²) in [5.74, 6) is 2.81. The third kappa shape index (κ3) is 5.46. The molecule has 0 spiro atoms. The van der Waals surface area contributed by atoms with Crippen LogP contribution in [0.25, 0.3) is 44.5 Å². The van der Waals surface area contributed by atoms with E-state index in [0.29, 0.717) is 24.4 Å². The first kappa shape index (κ1) is 31.1. The SMILES string of the molecule is COC(=O)NCC(=O)N1CCCC1c1ncc(-c2ccc(-c3ccc(-c4ccc5nc(C6CCCN6)[nH]c5c4)cc3)c3c2C2CCC3CC2)[nH]1. The summed E-state index contributed by atoms with van der Waals surface area (Å²) in [6.45, 7) is 1.61. The van der Waals surface area contributed by atoms with Crippen LogP contribution in [0, 0.1) is 0 Å². The molecule has 1 saturated carbocycles. The average molecular weight is 670 g/mol. The molecular formula is C40H43N7O3. The number of nitrogens with zero attached hydrogens (tertiary/aromatic N) is 3. The largest absolute Gasteiger partial charge is 0.453 e. The quantitative estimate of drug-likeness (QED) is 0.142. The summed E-state index contributed by atoms with van der Waals surface area (Å²) < 4.78 is 4.64. The van der Waals surface area contributed by atoms with Crippen LogP contribution in [0.5, 0.6) is 0 Å². The molecule has 5 aliphatic rings. The third-order valence-electron chi connectivity index (χ3n) is 11.6. The Morgan fingerprint density at radius 1 is 0.840 bits per heavy atom. The zero-order valence-corrected chi connectivity index (χ0v) is 28.4. The van der Waals surface area contributed by atoms with E-state index < -0.39 is 6.09 Å². The Morgan fingerprint density at radius 2 is 1.58 bits per heavy atom. The van der Waals surface area contributed by atoms with E-state index in [1.807, 2.05) is 11.1 Å². The van der Waals surface area contributed by atoms with Crippen LogP contribution in [0.2, 0.25) is 0 Å². The molecule has 2 amide bonds. The lowest BCUT2D eigenvalue weighted by Crippen LogP contribution is -2.40. The van der Waals surface area contributed by atoms with Crippen LogP contribution in [-0.2, 0) is 9.53 Å². The highest BCUT2D eigenvalue weighted by atomic mass is 16.5. The van der Waals surface area contributed by atoms with Crippen molar-refractivity contribution in [3.05, 3.63) is 83.6 Å². The molecular weight excluding hydrogens is 626 g/mol. The summed E-state index contributed by atoms with van der Waals surface area (Å²) in [6.07, 6.45) is 10.3. The summed E-state index contributed by atoms with van der Waals surface area (Å²) >= 11 is 0. The minimum atomic E-state index is -0.606. The van der Waals surface area contributed by atoms with Gasteiger partial charge in [0.2, 0.25) is 5.91 Å². The molecule has 2 saturated heterocycles. The molecule has 10 rings (SSSR count). The molecule has 4 N–H and O–H groups in total. The van der Waals surface area contributed by atoms with E-state index in [-0.39, 0.29) is 18.5 Å². The summed E-state index contributed by atoms with van der Waals surface area (Å²) in [5.41, 5.74) is 12.3. The van der Waals surface area contributed by atoms with E-state index in [9.17, 15) is 9.59 Å². The van der Waals surface area contributed by atoms with Gasteiger partial charge < -0.3 is 30.2 Å². The van der Waals surface area contributed by atoms with Crippen molar-refractivity contribution in [2.45, 2.75) is 75.3 Å². The minimum Gasteiger partial charge on any atom is -0.453 e. The number of hydrogen-bond donors (Lipinski definition) is 4. The number of aromatic nitrogens is 4. The lowest BCUT2D eigenvalue weighted by atomic mass is 9.64. The van der Waals surface area contributed by atoms with Crippen molar-refractivity contribution in [3.63, 3.8) is 0 Å². The predicted octanol–water partition coefficient (Wildman–Crippen LogP) is 7.49. The van der Waals surface area contributed by atoms with Crippen LogP contribution in [0.3, 0.4) is 0 Å². The highest BCUT2D eigenvalue weighted by molar-refractivity contribution is 5.84. The van der Waals surface area contributed by atoms with Gasteiger partial charge in [0.05, 0.1) is 42.1 Å². The molecule has 2 bridgehead atoms. The predicted molar refractivity (Wildman–Crippen MR) is 193 cm³/mol. The number of nitrogens with one attached hydrogen (secondary N) is 4. The van der Waals surface area contributed by atoms with Gasteiger partial charge in [-0.25, -0.2) is 14.8 Å². The van der Waals surface area contributed by atoms with Crippen molar-refractivity contribution in [2.24, 2.45) is 0 Å². The second-order valence-electron chi connectivity index (χ2n) is 14.4. The number of methoxy groups -OCH3 is 1. The molecule has 2 atom stereocenters. The first-order chi connectivity index (χ1) is 24.5. The Labute approximate surface area is 291 Å². The maximum absolute atomic E-state index is 13.0. The van der Waals surface area contributed by atoms with E-state index >= 15 is 0 Å². The van der Waals surface area contributed by atoms with Gasteiger partial charge in [0.1, 0.15) is 18.2 Å². The van der Waals surface area contributed by atoms with Crippen molar-refractivity contribution in [1.82, 2.24) is 35.5 Å². The second-order valence-corrected chi connectivity index (χ2v) is 14.4. The fourth-order valence-corrected chi connectivity index (χ4v) is 9.12. The second kappa shape index (κ2) is 12.7. The maximum atomic E-state index is 13.0. The fourth-order valence-electron chi connectivity index (χ4n) is 9.12. The fraction of sp³-hybridized carbons (Fsp3) is 0.400. The molecule has 2 aliphatic heterocycles. The summed E-state index contributed by atoms with van der Waals surface area (Å²) in [4.78, 5) is 43.2. The molecule has 3 fully saturated rings. The molecule has 50 heavy (non-hydrogen) atoms. The van der Waals surface area contributed by atoms with Crippen molar-refractivity contribution >= 4 is 23.0 Å². The van der Waals surface area contributed by atoms with Crippen LogP contribution in [0.4, 0.5) is 4.79 Å². The smallest absolute Gasteiger partial charge is 0.407 e. The molecule has 3 aromatic carbocycles. The van der Waals surface area contributed by atoms with E-state index in [1.165, 1.54) is 78.2 Å². The number of ether oxygens (including phenoxy) is 1. The Morgan fingerprint density at radius 3 is 2.34 bits per heavy atom. The zero-order chi connectivity index (χ0) is 33.8. The lowest BCUT2D eigenvalue weighted by molar-refractivity contribution is -0.131. The van der Waals surface area contributed by atoms with Gasteiger partial charge >= 0.3 is 6.09 Å². The number of aromatic amines is 2. The molecule has 4 heterocycles. The van der Waals surface area contributed by atoms with Crippen LogP contribution < -0.4 is 10.6 Å². The Hall–Kier alpha value is -4.96. The molecule has 3 aliphatic carbocycles. The molecule has 2 aromatic heterocycles. The molecule has 10 nitrogen and oxygen atoms in total. The molecule has 256 valence electrons. The van der Waals surface area contributed by atoms with E-state index in [0.717, 1.165) is 54.2 Å². The Balaban J connectivity index is 0.998. The van der Waals surface area contributed by atoms with Crippen LogP contribution in [0.1, 0.15) is 98.1 Å². The van der Waals surface area contributed by atoms with E-state index in [1.54, 1.807) is 0 Å². The molecule has 5 aromatic rings. The molecule has 2 unspecified atom stereocenters. The number of likely N-dealkylation sites (tertiary alicyclic amines) is 1. The summed E-state index contributed by atoms with van der Waals surface area (Å²) in [7, 11) is 1.29. The average Bonchev–Trinajstić information content (AvgIpc) is 4.00. The number of imidazole rings is 2. The summed E-state index contributed by atoms with van der Waals surface area (Å²) in [6, 6.07) is 20.4. The highest BCUT2D eigenvalue weighted by Crippen LogP contribution is 2.55. The number of amides is 2. The van der Waals surface area contributed by atoms with Gasteiger partial charge in [-0.15, -0.1) is 0 Å². The minimum absolute atomic E-state index is 0.0889. The zero-order valence-electron chi connectivity index (χ0n) is 28.4. The monoisotopic (exact) mass is 669 g/mol. The highest BCUT2D eigenvalue weighted by Gasteiger charge is 2.38. The number of H-pyrrole nitrogens is 2. The lowest BCUT2D eigenvalue weighted by Gasteiger charge is -2.41. The Kier molecular flexibility index (Phi) is 7.91. The van der Waals surface area contributed by atoms with Gasteiger partial charge in [-0.05, 0) is 115 Å². The van der Waals surface area contributed by atoms with Crippen molar-refractivity contribution in [2.75, 3.05) is 26.7 Å².